The third-order valence-corrected chi connectivity index (χ3v) is 10.4. The van der Waals surface area contributed by atoms with Gasteiger partial charge in [-0.25, -0.2) is 12.8 Å². The highest BCUT2D eigenvalue weighted by molar-refractivity contribution is 7.90. The molecule has 274 valence electrons. The van der Waals surface area contributed by atoms with Crippen molar-refractivity contribution in [3.63, 3.8) is 0 Å². The van der Waals surface area contributed by atoms with Gasteiger partial charge in [0.25, 0.3) is 0 Å². The third-order valence-electron chi connectivity index (χ3n) is 9.32. The summed E-state index contributed by atoms with van der Waals surface area (Å²) in [5.41, 5.74) is 4.29. The van der Waals surface area contributed by atoms with Gasteiger partial charge < -0.3 is 19.8 Å². The molecule has 1 aliphatic rings. The molecule has 51 heavy (non-hydrogen) atoms. The molecule has 4 rings (SSSR count). The number of carboxylic acids is 2. The van der Waals surface area contributed by atoms with Gasteiger partial charge in [-0.3, -0.25) is 19.2 Å². The lowest BCUT2D eigenvalue weighted by Crippen LogP contribution is -2.55. The number of amides is 1. The average Bonchev–Trinajstić information content (AvgIpc) is 3.07. The van der Waals surface area contributed by atoms with Crippen molar-refractivity contribution in [3.05, 3.63) is 101 Å². The zero-order valence-electron chi connectivity index (χ0n) is 29.0. The number of β-lactam (4-membered cyclic amide) rings is 1. The van der Waals surface area contributed by atoms with Crippen LogP contribution in [0.1, 0.15) is 92.7 Å². The maximum Gasteiger partial charge on any atom is 0.317 e. The Balaban J connectivity index is 1.48. The number of ether oxygens (including phenoxy) is 1. The Bertz CT molecular complexity index is 1750. The number of unbranched alkanes of at least 4 members (excludes halogenated alkanes) is 3. The van der Waals surface area contributed by atoms with Crippen LogP contribution in [0.25, 0.3) is 0 Å². The number of esters is 1. The van der Waals surface area contributed by atoms with Gasteiger partial charge in [0, 0.05) is 24.6 Å². The molecule has 12 heteroatoms. The zero-order chi connectivity index (χ0) is 37.1. The number of aliphatic carboxylic acids is 2. The Kier molecular flexibility index (Phi) is 13.9. The molecule has 0 aromatic heterocycles. The molecule has 1 aliphatic heterocycles. The van der Waals surface area contributed by atoms with Crippen LogP contribution in [0.4, 0.5) is 10.1 Å². The maximum atomic E-state index is 13.8. The Morgan fingerprint density at radius 3 is 1.94 bits per heavy atom. The molecule has 10 nitrogen and oxygen atoms in total. The molecule has 0 aliphatic carbocycles. The molecule has 3 aromatic rings. The van der Waals surface area contributed by atoms with Crippen LogP contribution in [-0.4, -0.2) is 54.5 Å². The van der Waals surface area contributed by atoms with Gasteiger partial charge in [0.1, 0.15) is 21.8 Å². The molecule has 0 saturated carbocycles. The predicted octanol–water partition coefficient (Wildman–Crippen LogP) is 6.87. The monoisotopic (exact) mass is 723 g/mol. The Morgan fingerprint density at radius 2 is 1.37 bits per heavy atom. The van der Waals surface area contributed by atoms with Crippen molar-refractivity contribution < 1.29 is 46.9 Å². The van der Waals surface area contributed by atoms with E-state index in [9.17, 15) is 32.0 Å². The largest absolute Gasteiger partial charge is 0.481 e. The summed E-state index contributed by atoms with van der Waals surface area (Å²) in [6, 6.07) is 21.0. The number of sulfone groups is 1. The van der Waals surface area contributed by atoms with Crippen molar-refractivity contribution in [1.82, 2.24) is 0 Å². The predicted molar refractivity (Wildman–Crippen MR) is 190 cm³/mol. The summed E-state index contributed by atoms with van der Waals surface area (Å²) in [4.78, 5) is 50.0. The van der Waals surface area contributed by atoms with Gasteiger partial charge in [0.15, 0.2) is 5.92 Å². The quantitative estimate of drug-likeness (QED) is 0.0550. The fourth-order valence-electron chi connectivity index (χ4n) is 6.62. The van der Waals surface area contributed by atoms with Gasteiger partial charge in [-0.05, 0) is 97.9 Å². The smallest absolute Gasteiger partial charge is 0.317 e. The molecule has 3 atom stereocenters. The minimum atomic E-state index is -2.95. The molecule has 3 aromatic carbocycles. The molecule has 0 bridgehead atoms. The number of rotatable bonds is 20. The number of halogens is 1. The van der Waals surface area contributed by atoms with E-state index < -0.39 is 51.5 Å². The van der Waals surface area contributed by atoms with Gasteiger partial charge in [-0.15, -0.1) is 0 Å². The second kappa shape index (κ2) is 18.1. The van der Waals surface area contributed by atoms with E-state index in [-0.39, 0.29) is 24.1 Å². The molecule has 0 radical (unpaired) electrons. The number of hydrogen-bond donors (Lipinski definition) is 2. The van der Waals surface area contributed by atoms with Crippen LogP contribution in [0.2, 0.25) is 0 Å². The van der Waals surface area contributed by atoms with Crippen LogP contribution < -0.4 is 4.90 Å². The topological polar surface area (TPSA) is 155 Å². The van der Waals surface area contributed by atoms with E-state index in [2.05, 4.69) is 0 Å². The average molecular weight is 724 g/mol. The lowest BCUT2D eigenvalue weighted by molar-refractivity contribution is -0.155. The minimum Gasteiger partial charge on any atom is -0.481 e. The standard InChI is InChI=1S/C39H46FNO9S/c1-26(42)50-35(29-17-19-31(40)20-18-29)24-23-33-36(30-15-11-28(12-16-30)9-7-10-34(38(44)45)39(46)47)41(37(33)43)32-21-13-27(14-22-32)8-5-3-4-6-25-51(2,48)49/h11-22,33-36H,3-10,23-25H2,1-2H3,(H,44,45)(H,46,47). The summed E-state index contributed by atoms with van der Waals surface area (Å²) in [5, 5.41) is 18.3. The Morgan fingerprint density at radius 1 is 0.804 bits per heavy atom. The summed E-state index contributed by atoms with van der Waals surface area (Å²) >= 11 is 0. The Labute approximate surface area is 298 Å². The number of anilines is 1. The van der Waals surface area contributed by atoms with Crippen molar-refractivity contribution in [2.45, 2.75) is 83.3 Å². The first-order valence-corrected chi connectivity index (χ1v) is 19.4. The van der Waals surface area contributed by atoms with E-state index in [1.165, 1.54) is 25.3 Å². The van der Waals surface area contributed by atoms with Crippen LogP contribution in [0.3, 0.4) is 0 Å². The third kappa shape index (κ3) is 11.5. The first kappa shape index (κ1) is 39.2. The van der Waals surface area contributed by atoms with Crippen molar-refractivity contribution in [1.29, 1.82) is 0 Å². The molecule has 1 fully saturated rings. The van der Waals surface area contributed by atoms with Crippen LogP contribution in [0.5, 0.6) is 0 Å². The Hall–Kier alpha value is -4.58. The van der Waals surface area contributed by atoms with Crippen molar-refractivity contribution >= 4 is 39.3 Å². The second-order valence-corrected chi connectivity index (χ2v) is 15.6. The van der Waals surface area contributed by atoms with Crippen LogP contribution in [-0.2, 0) is 46.6 Å². The molecule has 1 heterocycles. The van der Waals surface area contributed by atoms with E-state index in [1.54, 1.807) is 17.0 Å². The minimum absolute atomic E-state index is 0.0101. The molecule has 3 unspecified atom stereocenters. The van der Waals surface area contributed by atoms with Gasteiger partial charge in [-0.1, -0.05) is 61.4 Å². The fourth-order valence-corrected chi connectivity index (χ4v) is 7.34. The molecule has 1 amide bonds. The number of hydrogen-bond acceptors (Lipinski definition) is 7. The van der Waals surface area contributed by atoms with Crippen LogP contribution in [0, 0.1) is 17.7 Å². The highest BCUT2D eigenvalue weighted by atomic mass is 32.2. The molecular formula is C39H46FNO9S. The summed E-state index contributed by atoms with van der Waals surface area (Å²) in [6.45, 7) is 1.31. The van der Waals surface area contributed by atoms with Crippen molar-refractivity contribution in [3.8, 4) is 0 Å². The van der Waals surface area contributed by atoms with Crippen LogP contribution in [0.15, 0.2) is 72.8 Å². The summed E-state index contributed by atoms with van der Waals surface area (Å²) in [6.07, 6.45) is 6.42. The van der Waals surface area contributed by atoms with Crippen LogP contribution >= 0.6 is 0 Å². The van der Waals surface area contributed by atoms with Gasteiger partial charge >= 0.3 is 17.9 Å². The lowest BCUT2D eigenvalue weighted by Gasteiger charge is -2.48. The highest BCUT2D eigenvalue weighted by Gasteiger charge is 2.48. The number of benzene rings is 3. The molecule has 0 spiro atoms. The summed E-state index contributed by atoms with van der Waals surface area (Å²) < 4.78 is 41.9. The van der Waals surface area contributed by atoms with Gasteiger partial charge in [-0.2, -0.15) is 0 Å². The SMILES string of the molecule is CC(=O)OC(CCC1C(=O)N(c2ccc(CCCCCCS(C)(=O)=O)cc2)C1c1ccc(CCCC(C(=O)O)C(=O)O)cc1)c1ccc(F)cc1. The first-order valence-electron chi connectivity index (χ1n) is 17.3. The van der Waals surface area contributed by atoms with Gasteiger partial charge in [0.2, 0.25) is 5.91 Å². The second-order valence-electron chi connectivity index (χ2n) is 13.3. The molecular weight excluding hydrogens is 677 g/mol. The fraction of sp³-hybridized carbons (Fsp3) is 0.436. The summed E-state index contributed by atoms with van der Waals surface area (Å²) in [5.74, 6) is -5.35. The number of carbonyl (C=O) groups is 4. The van der Waals surface area contributed by atoms with E-state index in [0.717, 1.165) is 48.1 Å². The van der Waals surface area contributed by atoms with E-state index >= 15 is 0 Å². The summed E-state index contributed by atoms with van der Waals surface area (Å²) in [7, 11) is -2.95. The van der Waals surface area contributed by atoms with E-state index in [1.807, 2.05) is 48.5 Å². The first-order chi connectivity index (χ1) is 24.2. The molecule has 1 saturated heterocycles. The maximum absolute atomic E-state index is 13.8. The van der Waals surface area contributed by atoms with E-state index in [4.69, 9.17) is 14.9 Å². The lowest BCUT2D eigenvalue weighted by atomic mass is 9.78. The highest BCUT2D eigenvalue weighted by Crippen LogP contribution is 2.46. The zero-order valence-corrected chi connectivity index (χ0v) is 29.8. The number of aryl methyl sites for hydroxylation is 2. The molecule has 2 N–H and O–H groups in total. The number of nitrogens with zero attached hydrogens (tertiary/aromatic N) is 1. The normalized spacial score (nSPS) is 16.5. The number of carboxylic acid groups (broad SMARTS) is 2. The van der Waals surface area contributed by atoms with Gasteiger partial charge in [0.05, 0.1) is 12.0 Å². The van der Waals surface area contributed by atoms with E-state index in [0.29, 0.717) is 37.7 Å². The number of carbonyl (C=O) groups excluding carboxylic acids is 2. The van der Waals surface area contributed by atoms with Crippen molar-refractivity contribution in [2.24, 2.45) is 11.8 Å². The van der Waals surface area contributed by atoms with Crippen molar-refractivity contribution in [2.75, 3.05) is 16.9 Å².